The van der Waals surface area contributed by atoms with E-state index in [4.69, 9.17) is 11.6 Å². The molecule has 0 saturated carbocycles. The number of nitrogens with one attached hydrogen (secondary N) is 1. The van der Waals surface area contributed by atoms with Crippen molar-refractivity contribution >= 4 is 27.4 Å². The average molecular weight is 283 g/mol. The second kappa shape index (κ2) is 4.96. The fourth-order valence-electron chi connectivity index (χ4n) is 1.47. The molecule has 0 aliphatic carbocycles. The summed E-state index contributed by atoms with van der Waals surface area (Å²) in [6.07, 6.45) is 0. The van der Waals surface area contributed by atoms with E-state index in [-0.39, 0.29) is 15.9 Å². The van der Waals surface area contributed by atoms with Gasteiger partial charge in [-0.05, 0) is 36.8 Å². The number of benzene rings is 1. The van der Waals surface area contributed by atoms with E-state index < -0.39 is 10.0 Å². The fraction of sp³-hybridized carbons (Fsp3) is 0.0833. The van der Waals surface area contributed by atoms with E-state index in [2.05, 4.69) is 9.71 Å². The van der Waals surface area contributed by atoms with Crippen LogP contribution < -0.4 is 4.72 Å². The lowest BCUT2D eigenvalue weighted by molar-refractivity contribution is 0.601. The number of hydrogen-bond donors (Lipinski definition) is 1. The molecule has 1 heterocycles. The zero-order valence-electron chi connectivity index (χ0n) is 9.59. The standard InChI is InChI=1S/C12H11ClN2O2S/c1-9-7-11(13)14-12(8-9)15-18(16,17)10-5-3-2-4-6-10/h2-8H,1H3,(H,14,15). The molecule has 4 nitrogen and oxygen atoms in total. The van der Waals surface area contributed by atoms with Crippen LogP contribution >= 0.6 is 11.6 Å². The van der Waals surface area contributed by atoms with Crippen molar-refractivity contribution in [3.63, 3.8) is 0 Å². The highest BCUT2D eigenvalue weighted by Gasteiger charge is 2.14. The van der Waals surface area contributed by atoms with E-state index in [1.54, 1.807) is 30.3 Å². The summed E-state index contributed by atoms with van der Waals surface area (Å²) >= 11 is 5.78. The quantitative estimate of drug-likeness (QED) is 0.881. The number of hydrogen-bond acceptors (Lipinski definition) is 3. The largest absolute Gasteiger partial charge is 0.263 e. The molecule has 0 amide bonds. The number of halogens is 1. The zero-order valence-corrected chi connectivity index (χ0v) is 11.2. The Kier molecular flexibility index (Phi) is 3.54. The first-order chi connectivity index (χ1) is 8.47. The highest BCUT2D eigenvalue weighted by Crippen LogP contribution is 2.17. The van der Waals surface area contributed by atoms with Crippen molar-refractivity contribution in [1.29, 1.82) is 0 Å². The lowest BCUT2D eigenvalue weighted by Crippen LogP contribution is -2.13. The Morgan fingerprint density at radius 3 is 2.44 bits per heavy atom. The summed E-state index contributed by atoms with van der Waals surface area (Å²) in [7, 11) is -3.62. The van der Waals surface area contributed by atoms with Crippen molar-refractivity contribution in [2.45, 2.75) is 11.8 Å². The van der Waals surface area contributed by atoms with Gasteiger partial charge in [0, 0.05) is 0 Å². The summed E-state index contributed by atoms with van der Waals surface area (Å²) in [5, 5.41) is 0.251. The molecule has 1 aromatic heterocycles. The highest BCUT2D eigenvalue weighted by molar-refractivity contribution is 7.92. The van der Waals surface area contributed by atoms with Crippen molar-refractivity contribution in [1.82, 2.24) is 4.98 Å². The molecule has 0 saturated heterocycles. The minimum absolute atomic E-state index is 0.185. The summed E-state index contributed by atoms with van der Waals surface area (Å²) in [5.74, 6) is 0.212. The topological polar surface area (TPSA) is 59.1 Å². The molecule has 94 valence electrons. The molecule has 0 unspecified atom stereocenters. The van der Waals surface area contributed by atoms with E-state index in [0.717, 1.165) is 5.56 Å². The maximum atomic E-state index is 12.0. The van der Waals surface area contributed by atoms with Crippen molar-refractivity contribution in [3.05, 3.63) is 53.2 Å². The Morgan fingerprint density at radius 1 is 1.17 bits per heavy atom. The minimum atomic E-state index is -3.62. The van der Waals surface area contributed by atoms with E-state index in [0.29, 0.717) is 0 Å². The Bertz CT molecular complexity index is 637. The molecule has 0 aliphatic rings. The second-order valence-corrected chi connectivity index (χ2v) is 5.84. The van der Waals surface area contributed by atoms with Gasteiger partial charge >= 0.3 is 0 Å². The molecule has 2 rings (SSSR count). The van der Waals surface area contributed by atoms with Crippen LogP contribution in [0.4, 0.5) is 5.82 Å². The number of anilines is 1. The van der Waals surface area contributed by atoms with Gasteiger partial charge in [-0.3, -0.25) is 4.72 Å². The van der Waals surface area contributed by atoms with Crippen LogP contribution in [0.1, 0.15) is 5.56 Å². The third-order valence-corrected chi connectivity index (χ3v) is 3.80. The maximum Gasteiger partial charge on any atom is 0.263 e. The Hall–Kier alpha value is -1.59. The van der Waals surface area contributed by atoms with Gasteiger partial charge in [-0.25, -0.2) is 13.4 Å². The Labute approximate surface area is 111 Å². The van der Waals surface area contributed by atoms with Crippen LogP contribution in [0.25, 0.3) is 0 Å². The van der Waals surface area contributed by atoms with Crippen LogP contribution in [0.2, 0.25) is 5.15 Å². The van der Waals surface area contributed by atoms with Gasteiger partial charge in [-0.15, -0.1) is 0 Å². The molecule has 0 bridgehead atoms. The van der Waals surface area contributed by atoms with Crippen LogP contribution in [-0.2, 0) is 10.0 Å². The smallest absolute Gasteiger partial charge is 0.263 e. The number of nitrogens with zero attached hydrogens (tertiary/aromatic N) is 1. The molecule has 0 spiro atoms. The summed E-state index contributed by atoms with van der Waals surface area (Å²) in [6.45, 7) is 1.81. The van der Waals surface area contributed by atoms with E-state index in [9.17, 15) is 8.42 Å². The number of aromatic nitrogens is 1. The Balaban J connectivity index is 2.34. The van der Waals surface area contributed by atoms with E-state index >= 15 is 0 Å². The van der Waals surface area contributed by atoms with Crippen molar-refractivity contribution in [3.8, 4) is 0 Å². The van der Waals surface area contributed by atoms with E-state index in [1.165, 1.54) is 12.1 Å². The van der Waals surface area contributed by atoms with Crippen molar-refractivity contribution in [2.75, 3.05) is 4.72 Å². The molecular weight excluding hydrogens is 272 g/mol. The molecule has 6 heteroatoms. The molecule has 18 heavy (non-hydrogen) atoms. The molecule has 0 atom stereocenters. The minimum Gasteiger partial charge on any atom is -0.263 e. The van der Waals surface area contributed by atoms with Crippen LogP contribution in [0, 0.1) is 6.92 Å². The maximum absolute atomic E-state index is 12.0. The van der Waals surface area contributed by atoms with Crippen molar-refractivity contribution < 1.29 is 8.42 Å². The fourth-order valence-corrected chi connectivity index (χ4v) is 2.75. The Morgan fingerprint density at radius 2 is 1.83 bits per heavy atom. The summed E-state index contributed by atoms with van der Waals surface area (Å²) < 4.78 is 26.5. The zero-order chi connectivity index (χ0) is 13.2. The SMILES string of the molecule is Cc1cc(Cl)nc(NS(=O)(=O)c2ccccc2)c1. The van der Waals surface area contributed by atoms with E-state index in [1.807, 2.05) is 6.92 Å². The lowest BCUT2D eigenvalue weighted by atomic mass is 10.3. The number of aryl methyl sites for hydroxylation is 1. The van der Waals surface area contributed by atoms with Crippen LogP contribution in [0.15, 0.2) is 47.4 Å². The van der Waals surface area contributed by atoms with Gasteiger partial charge in [-0.2, -0.15) is 0 Å². The van der Waals surface area contributed by atoms with Crippen molar-refractivity contribution in [2.24, 2.45) is 0 Å². The first-order valence-electron chi connectivity index (χ1n) is 5.19. The summed E-state index contributed by atoms with van der Waals surface area (Å²) in [5.41, 5.74) is 0.834. The third kappa shape index (κ3) is 3.00. The lowest BCUT2D eigenvalue weighted by Gasteiger charge is -2.08. The van der Waals surface area contributed by atoms with Crippen LogP contribution in [0.5, 0.6) is 0 Å². The molecular formula is C12H11ClN2O2S. The number of sulfonamides is 1. The molecule has 0 fully saturated rings. The first-order valence-corrected chi connectivity index (χ1v) is 7.05. The van der Waals surface area contributed by atoms with Gasteiger partial charge in [0.25, 0.3) is 10.0 Å². The molecule has 1 N–H and O–H groups in total. The van der Waals surface area contributed by atoms with Crippen LogP contribution in [-0.4, -0.2) is 13.4 Å². The molecule has 1 aromatic carbocycles. The van der Waals surface area contributed by atoms with Gasteiger partial charge in [0.2, 0.25) is 0 Å². The van der Waals surface area contributed by atoms with Gasteiger partial charge in [-0.1, -0.05) is 29.8 Å². The highest BCUT2D eigenvalue weighted by atomic mass is 35.5. The van der Waals surface area contributed by atoms with Gasteiger partial charge < -0.3 is 0 Å². The first kappa shape index (κ1) is 12.9. The second-order valence-electron chi connectivity index (χ2n) is 3.77. The van der Waals surface area contributed by atoms with Crippen LogP contribution in [0.3, 0.4) is 0 Å². The van der Waals surface area contributed by atoms with Gasteiger partial charge in [0.05, 0.1) is 4.90 Å². The molecule has 0 aliphatic heterocycles. The predicted octanol–water partition coefficient (Wildman–Crippen LogP) is 2.84. The average Bonchev–Trinajstić information content (AvgIpc) is 2.28. The van der Waals surface area contributed by atoms with Gasteiger partial charge in [0.15, 0.2) is 0 Å². The monoisotopic (exact) mass is 282 g/mol. The van der Waals surface area contributed by atoms with Gasteiger partial charge in [0.1, 0.15) is 11.0 Å². The molecule has 2 aromatic rings. The summed E-state index contributed by atoms with van der Waals surface area (Å²) in [4.78, 5) is 4.10. The molecule has 0 radical (unpaired) electrons. The predicted molar refractivity (Wildman–Crippen MR) is 71.2 cm³/mol. The third-order valence-electron chi connectivity index (χ3n) is 2.23. The number of rotatable bonds is 3. The number of pyridine rings is 1. The normalized spacial score (nSPS) is 11.2. The summed E-state index contributed by atoms with van der Waals surface area (Å²) in [6, 6.07) is 11.4.